The molecule has 1 aromatic heterocycles. The Bertz CT molecular complexity index is 536. The third-order valence-electron chi connectivity index (χ3n) is 4.28. The molecule has 0 saturated carbocycles. The molecule has 0 radical (unpaired) electrons. The minimum Gasteiger partial charge on any atom is -0.384 e. The number of rotatable bonds is 3. The van der Waals surface area contributed by atoms with E-state index in [9.17, 15) is 5.11 Å². The lowest BCUT2D eigenvalue weighted by Crippen LogP contribution is -2.52. The number of pyridine rings is 1. The van der Waals surface area contributed by atoms with Crippen LogP contribution in [0.4, 0.5) is 5.82 Å². The lowest BCUT2D eigenvalue weighted by molar-refractivity contribution is -0.0439. The topological polar surface area (TPSA) is 72.6 Å². The van der Waals surface area contributed by atoms with E-state index in [1.165, 1.54) is 12.8 Å². The number of nitriles is 1. The van der Waals surface area contributed by atoms with E-state index in [4.69, 9.17) is 10.00 Å². The van der Waals surface area contributed by atoms with E-state index in [2.05, 4.69) is 16.0 Å². The minimum absolute atomic E-state index is 0.357. The van der Waals surface area contributed by atoms with Gasteiger partial charge in [-0.2, -0.15) is 5.26 Å². The van der Waals surface area contributed by atoms with E-state index in [1.807, 2.05) is 11.0 Å². The molecule has 6 nitrogen and oxygen atoms in total. The lowest BCUT2D eigenvalue weighted by Gasteiger charge is -2.34. The fourth-order valence-corrected chi connectivity index (χ4v) is 3.20. The van der Waals surface area contributed by atoms with Crippen LogP contribution in [0.1, 0.15) is 18.4 Å². The highest BCUT2D eigenvalue weighted by molar-refractivity contribution is 5.42. The van der Waals surface area contributed by atoms with Gasteiger partial charge in [-0.25, -0.2) is 4.98 Å². The molecule has 0 unspecified atom stereocenters. The van der Waals surface area contributed by atoms with Crippen molar-refractivity contribution < 1.29 is 9.84 Å². The maximum atomic E-state index is 11.0. The van der Waals surface area contributed by atoms with Crippen LogP contribution in [0.5, 0.6) is 0 Å². The van der Waals surface area contributed by atoms with Crippen molar-refractivity contribution in [3.63, 3.8) is 0 Å². The van der Waals surface area contributed by atoms with Crippen LogP contribution in [-0.4, -0.2) is 66.5 Å². The fourth-order valence-electron chi connectivity index (χ4n) is 3.20. The molecule has 2 aliphatic heterocycles. The summed E-state index contributed by atoms with van der Waals surface area (Å²) < 4.78 is 5.62. The van der Waals surface area contributed by atoms with Gasteiger partial charge in [0.25, 0.3) is 0 Å². The first kappa shape index (κ1) is 15.2. The number of likely N-dealkylation sites (tertiary alicyclic amines) is 1. The molecule has 1 N–H and O–H groups in total. The summed E-state index contributed by atoms with van der Waals surface area (Å²) in [7, 11) is 0. The summed E-state index contributed by atoms with van der Waals surface area (Å²) >= 11 is 0. The second-order valence-electron chi connectivity index (χ2n) is 6.20. The van der Waals surface area contributed by atoms with Crippen LogP contribution in [0.2, 0.25) is 0 Å². The molecule has 22 heavy (non-hydrogen) atoms. The van der Waals surface area contributed by atoms with Crippen LogP contribution in [-0.2, 0) is 4.74 Å². The van der Waals surface area contributed by atoms with E-state index in [1.54, 1.807) is 12.3 Å². The molecule has 0 aromatic carbocycles. The Labute approximate surface area is 130 Å². The summed E-state index contributed by atoms with van der Waals surface area (Å²) in [5, 5.41) is 19.8. The molecule has 0 bridgehead atoms. The van der Waals surface area contributed by atoms with Crippen molar-refractivity contribution in [3.8, 4) is 6.07 Å². The summed E-state index contributed by atoms with van der Waals surface area (Å²) in [6, 6.07) is 5.66. The molecule has 2 aliphatic rings. The van der Waals surface area contributed by atoms with E-state index in [-0.39, 0.29) is 0 Å². The molecule has 118 valence electrons. The third-order valence-corrected chi connectivity index (χ3v) is 4.28. The third kappa shape index (κ3) is 3.55. The maximum absolute atomic E-state index is 11.0. The second kappa shape index (κ2) is 6.61. The smallest absolute Gasteiger partial charge is 0.128 e. The highest BCUT2D eigenvalue weighted by Gasteiger charge is 2.35. The summed E-state index contributed by atoms with van der Waals surface area (Å²) in [5.74, 6) is 0.782. The van der Waals surface area contributed by atoms with E-state index in [0.717, 1.165) is 18.9 Å². The van der Waals surface area contributed by atoms with Crippen LogP contribution in [0.3, 0.4) is 0 Å². The highest BCUT2D eigenvalue weighted by Crippen LogP contribution is 2.21. The average molecular weight is 302 g/mol. The Hall–Kier alpha value is -1.68. The molecule has 1 aromatic rings. The summed E-state index contributed by atoms with van der Waals surface area (Å²) in [6.45, 7) is 4.87. The number of ether oxygens (including phenoxy) is 1. The van der Waals surface area contributed by atoms with Gasteiger partial charge in [0.2, 0.25) is 0 Å². The Balaban J connectivity index is 1.72. The van der Waals surface area contributed by atoms with Crippen molar-refractivity contribution in [2.75, 3.05) is 50.8 Å². The molecule has 1 atom stereocenters. The van der Waals surface area contributed by atoms with Crippen molar-refractivity contribution in [2.24, 2.45) is 0 Å². The maximum Gasteiger partial charge on any atom is 0.128 e. The van der Waals surface area contributed by atoms with Gasteiger partial charge < -0.3 is 19.6 Å². The van der Waals surface area contributed by atoms with Crippen molar-refractivity contribution in [3.05, 3.63) is 23.9 Å². The minimum atomic E-state index is -0.879. The lowest BCUT2D eigenvalue weighted by atomic mass is 10.0. The van der Waals surface area contributed by atoms with E-state index in [0.29, 0.717) is 38.4 Å². The second-order valence-corrected chi connectivity index (χ2v) is 6.20. The number of β-amino-alcohol motifs (C(OH)–C–C–N with tert-alkyl or cyclic N) is 1. The largest absolute Gasteiger partial charge is 0.384 e. The quantitative estimate of drug-likeness (QED) is 0.882. The molecule has 2 fully saturated rings. The van der Waals surface area contributed by atoms with Crippen LogP contribution in [0, 0.1) is 11.3 Å². The van der Waals surface area contributed by atoms with Gasteiger partial charge in [0, 0.05) is 19.3 Å². The first-order valence-corrected chi connectivity index (χ1v) is 7.82. The van der Waals surface area contributed by atoms with Crippen molar-refractivity contribution in [1.29, 1.82) is 5.26 Å². The number of anilines is 1. The van der Waals surface area contributed by atoms with Gasteiger partial charge in [-0.15, -0.1) is 0 Å². The fraction of sp³-hybridized carbons (Fsp3) is 0.625. The first-order valence-electron chi connectivity index (χ1n) is 7.82. The molecule has 3 heterocycles. The zero-order chi connectivity index (χ0) is 15.4. The van der Waals surface area contributed by atoms with E-state index < -0.39 is 5.60 Å². The zero-order valence-electron chi connectivity index (χ0n) is 12.7. The van der Waals surface area contributed by atoms with Gasteiger partial charge in [0.15, 0.2) is 0 Å². The molecule has 2 saturated heterocycles. The first-order chi connectivity index (χ1) is 10.7. The number of hydrogen-bond acceptors (Lipinski definition) is 6. The summed E-state index contributed by atoms with van der Waals surface area (Å²) in [5.41, 5.74) is -0.335. The monoisotopic (exact) mass is 302 g/mol. The van der Waals surface area contributed by atoms with Gasteiger partial charge in [-0.05, 0) is 38.1 Å². The van der Waals surface area contributed by atoms with Gasteiger partial charge in [0.1, 0.15) is 17.5 Å². The summed E-state index contributed by atoms with van der Waals surface area (Å²) in [6.07, 6.45) is 3.98. The molecule has 3 rings (SSSR count). The van der Waals surface area contributed by atoms with Crippen LogP contribution in [0.15, 0.2) is 18.3 Å². The Morgan fingerprint density at radius 3 is 2.82 bits per heavy atom. The predicted octanol–water partition coefficient (Wildman–Crippen LogP) is 0.617. The Morgan fingerprint density at radius 1 is 1.32 bits per heavy atom. The van der Waals surface area contributed by atoms with Gasteiger partial charge in [-0.3, -0.25) is 0 Å². The standard InChI is InChI=1S/C16H22N4O2/c17-9-14-3-4-15(18-10-14)20-7-8-22-13-16(21,12-20)11-19-5-1-2-6-19/h3-4,10,21H,1-2,5-8,11-13H2/t16-/m1/s1. The molecular formula is C16H22N4O2. The molecular weight excluding hydrogens is 280 g/mol. The van der Waals surface area contributed by atoms with E-state index >= 15 is 0 Å². The molecule has 0 amide bonds. The highest BCUT2D eigenvalue weighted by atomic mass is 16.5. The Kier molecular flexibility index (Phi) is 4.57. The van der Waals surface area contributed by atoms with Crippen molar-refractivity contribution >= 4 is 5.82 Å². The molecule has 6 heteroatoms. The van der Waals surface area contributed by atoms with Crippen LogP contribution < -0.4 is 4.90 Å². The van der Waals surface area contributed by atoms with Gasteiger partial charge in [0.05, 0.1) is 25.3 Å². The molecule has 0 aliphatic carbocycles. The number of hydrogen-bond donors (Lipinski definition) is 1. The van der Waals surface area contributed by atoms with Crippen molar-refractivity contribution in [2.45, 2.75) is 18.4 Å². The average Bonchev–Trinajstić information content (AvgIpc) is 2.95. The Morgan fingerprint density at radius 2 is 2.14 bits per heavy atom. The number of aromatic nitrogens is 1. The predicted molar refractivity (Wildman–Crippen MR) is 82.6 cm³/mol. The van der Waals surface area contributed by atoms with Crippen LogP contribution >= 0.6 is 0 Å². The summed E-state index contributed by atoms with van der Waals surface area (Å²) in [4.78, 5) is 8.69. The SMILES string of the molecule is N#Cc1ccc(N2CCOC[C@@](O)(CN3CCCC3)C2)nc1. The van der Waals surface area contributed by atoms with Crippen molar-refractivity contribution in [1.82, 2.24) is 9.88 Å². The zero-order valence-corrected chi connectivity index (χ0v) is 12.7. The normalized spacial score (nSPS) is 26.6. The van der Waals surface area contributed by atoms with Gasteiger partial charge in [-0.1, -0.05) is 0 Å². The van der Waals surface area contributed by atoms with Crippen LogP contribution in [0.25, 0.3) is 0 Å². The number of aliphatic hydroxyl groups is 1. The number of nitrogens with zero attached hydrogens (tertiary/aromatic N) is 4. The molecule has 0 spiro atoms. The van der Waals surface area contributed by atoms with Gasteiger partial charge >= 0.3 is 0 Å².